The Hall–Kier alpha value is -1.84. The van der Waals surface area contributed by atoms with Gasteiger partial charge in [-0.2, -0.15) is 13.2 Å². The second-order valence-electron chi connectivity index (χ2n) is 5.62. The first-order valence-electron chi connectivity index (χ1n) is 7.19. The number of halogens is 4. The van der Waals surface area contributed by atoms with Crippen LogP contribution >= 0.6 is 22.9 Å². The molecule has 3 rings (SSSR count). The Labute approximate surface area is 156 Å². The van der Waals surface area contributed by atoms with Gasteiger partial charge in [0.05, 0.1) is 14.8 Å². The highest BCUT2D eigenvalue weighted by molar-refractivity contribution is 7.90. The van der Waals surface area contributed by atoms with Crippen LogP contribution in [0.2, 0.25) is 5.02 Å². The van der Waals surface area contributed by atoms with E-state index in [2.05, 4.69) is 4.98 Å². The predicted octanol–water partition coefficient (Wildman–Crippen LogP) is 4.98. The maximum atomic E-state index is 13.2. The lowest BCUT2D eigenvalue weighted by molar-refractivity contribution is -0.140. The molecule has 0 aliphatic heterocycles. The summed E-state index contributed by atoms with van der Waals surface area (Å²) in [5.74, 6) is 0.0961. The lowest BCUT2D eigenvalue weighted by Crippen LogP contribution is -2.05. The first kappa shape index (κ1) is 18.9. The van der Waals surface area contributed by atoms with Gasteiger partial charge in [0.1, 0.15) is 0 Å². The number of aromatic nitrogens is 2. The monoisotopic (exact) mass is 420 g/mol. The van der Waals surface area contributed by atoms with Gasteiger partial charge in [-0.1, -0.05) is 11.6 Å². The molecule has 2 heterocycles. The summed E-state index contributed by atoms with van der Waals surface area (Å²) in [4.78, 5) is 4.33. The predicted molar refractivity (Wildman–Crippen MR) is 94.7 cm³/mol. The van der Waals surface area contributed by atoms with Crippen molar-refractivity contribution in [2.45, 2.75) is 18.0 Å². The molecule has 0 aliphatic rings. The molecule has 0 atom stereocenters. The van der Waals surface area contributed by atoms with Crippen LogP contribution in [0.1, 0.15) is 11.3 Å². The summed E-state index contributed by atoms with van der Waals surface area (Å²) in [5.41, 5.74) is -0.0482. The molecule has 4 nitrogen and oxygen atoms in total. The zero-order chi connectivity index (χ0) is 19.3. The maximum absolute atomic E-state index is 13.2. The highest BCUT2D eigenvalue weighted by Crippen LogP contribution is 2.38. The molecule has 0 bridgehead atoms. The van der Waals surface area contributed by atoms with Gasteiger partial charge in [-0.15, -0.1) is 11.3 Å². The standard InChI is InChI=1S/C16H12ClF3N2O2S2/c1-9-12(17)8-25-14(9)15-21-13(16(18,19)20)7-22(15)10-3-5-11(6-4-10)26(2,23)24/h3-8H,1-2H3. The van der Waals surface area contributed by atoms with E-state index in [0.29, 0.717) is 21.2 Å². The Kier molecular flexibility index (Phi) is 4.66. The van der Waals surface area contributed by atoms with Crippen LogP contribution in [0.15, 0.2) is 40.7 Å². The van der Waals surface area contributed by atoms with E-state index in [4.69, 9.17) is 11.6 Å². The largest absolute Gasteiger partial charge is 0.434 e. The quantitative estimate of drug-likeness (QED) is 0.600. The minimum absolute atomic E-state index is 0.0781. The number of sulfone groups is 1. The lowest BCUT2D eigenvalue weighted by Gasteiger charge is -2.08. The van der Waals surface area contributed by atoms with E-state index in [0.717, 1.165) is 12.5 Å². The number of alkyl halides is 3. The Morgan fingerprint density at radius 2 is 1.81 bits per heavy atom. The normalized spacial score (nSPS) is 12.5. The van der Waals surface area contributed by atoms with Crippen LogP contribution in [0.25, 0.3) is 16.4 Å². The highest BCUT2D eigenvalue weighted by Gasteiger charge is 2.35. The molecule has 0 spiro atoms. The number of rotatable bonds is 3. The summed E-state index contributed by atoms with van der Waals surface area (Å²) in [6, 6.07) is 5.56. The van der Waals surface area contributed by atoms with Crippen molar-refractivity contribution < 1.29 is 21.6 Å². The van der Waals surface area contributed by atoms with Gasteiger partial charge in [0.25, 0.3) is 0 Å². The summed E-state index contributed by atoms with van der Waals surface area (Å²) < 4.78 is 63.9. The molecule has 0 unspecified atom stereocenters. The fraction of sp³-hybridized carbons (Fsp3) is 0.188. The van der Waals surface area contributed by atoms with Crippen LogP contribution in [0, 0.1) is 6.92 Å². The van der Waals surface area contributed by atoms with E-state index >= 15 is 0 Å². The maximum Gasteiger partial charge on any atom is 0.434 e. The smallest absolute Gasteiger partial charge is 0.298 e. The molecule has 0 saturated carbocycles. The zero-order valence-electron chi connectivity index (χ0n) is 13.5. The summed E-state index contributed by atoms with van der Waals surface area (Å²) >= 11 is 7.22. The Bertz CT molecular complexity index is 1070. The van der Waals surface area contributed by atoms with Crippen LogP contribution in [0.5, 0.6) is 0 Å². The average molecular weight is 421 g/mol. The van der Waals surface area contributed by atoms with Crippen molar-refractivity contribution in [1.29, 1.82) is 0 Å². The molecule has 1 aromatic carbocycles. The molecule has 0 aliphatic carbocycles. The van der Waals surface area contributed by atoms with Crippen molar-refractivity contribution in [2.75, 3.05) is 6.26 Å². The van der Waals surface area contributed by atoms with Gasteiger partial charge in [-0.25, -0.2) is 13.4 Å². The van der Waals surface area contributed by atoms with Gasteiger partial charge in [0, 0.05) is 23.5 Å². The molecule has 0 radical (unpaired) electrons. The summed E-state index contributed by atoms with van der Waals surface area (Å²) in [5, 5.41) is 2.08. The van der Waals surface area contributed by atoms with Gasteiger partial charge in [0.2, 0.25) is 0 Å². The molecule has 3 aromatic rings. The number of hydrogen-bond donors (Lipinski definition) is 0. The minimum Gasteiger partial charge on any atom is -0.298 e. The van der Waals surface area contributed by atoms with Crippen molar-refractivity contribution >= 4 is 32.8 Å². The van der Waals surface area contributed by atoms with Gasteiger partial charge >= 0.3 is 6.18 Å². The molecule has 10 heteroatoms. The van der Waals surface area contributed by atoms with Crippen molar-refractivity contribution in [1.82, 2.24) is 9.55 Å². The van der Waals surface area contributed by atoms with E-state index in [1.807, 2.05) is 0 Å². The van der Waals surface area contributed by atoms with Crippen molar-refractivity contribution in [3.05, 3.63) is 52.1 Å². The van der Waals surface area contributed by atoms with Crippen molar-refractivity contribution in [3.63, 3.8) is 0 Å². The molecule has 0 N–H and O–H groups in total. The Balaban J connectivity index is 2.20. The van der Waals surface area contributed by atoms with Gasteiger partial charge < -0.3 is 0 Å². The van der Waals surface area contributed by atoms with E-state index < -0.39 is 21.7 Å². The van der Waals surface area contributed by atoms with Gasteiger partial charge in [0.15, 0.2) is 21.4 Å². The van der Waals surface area contributed by atoms with E-state index in [1.54, 1.807) is 12.3 Å². The first-order valence-corrected chi connectivity index (χ1v) is 10.3. The number of hydrogen-bond acceptors (Lipinski definition) is 4. The molecular formula is C16H12ClF3N2O2S2. The highest BCUT2D eigenvalue weighted by atomic mass is 35.5. The number of thiophene rings is 1. The Morgan fingerprint density at radius 1 is 1.19 bits per heavy atom. The third-order valence-electron chi connectivity index (χ3n) is 3.72. The second kappa shape index (κ2) is 6.40. The van der Waals surface area contributed by atoms with Crippen LogP contribution in [-0.2, 0) is 16.0 Å². The van der Waals surface area contributed by atoms with Crippen LogP contribution in [0.3, 0.4) is 0 Å². The zero-order valence-corrected chi connectivity index (χ0v) is 15.9. The topological polar surface area (TPSA) is 52.0 Å². The van der Waals surface area contributed by atoms with Crippen molar-refractivity contribution in [2.24, 2.45) is 0 Å². The van der Waals surface area contributed by atoms with E-state index in [9.17, 15) is 21.6 Å². The Morgan fingerprint density at radius 3 is 2.27 bits per heavy atom. The fourth-order valence-electron chi connectivity index (χ4n) is 2.34. The molecule has 138 valence electrons. The van der Waals surface area contributed by atoms with E-state index in [1.165, 1.54) is 40.2 Å². The molecule has 26 heavy (non-hydrogen) atoms. The summed E-state index contributed by atoms with van der Waals surface area (Å²) in [7, 11) is -3.41. The molecule has 0 fully saturated rings. The second-order valence-corrected chi connectivity index (χ2v) is 8.92. The average Bonchev–Trinajstić information content (AvgIpc) is 3.11. The minimum atomic E-state index is -4.61. The third-order valence-corrected chi connectivity index (χ3v) is 6.45. The molecule has 2 aromatic heterocycles. The van der Waals surface area contributed by atoms with Crippen LogP contribution in [0.4, 0.5) is 13.2 Å². The summed E-state index contributed by atoms with van der Waals surface area (Å²) in [6.07, 6.45) is -2.66. The number of imidazole rings is 1. The fourth-order valence-corrected chi connectivity index (χ4v) is 4.19. The van der Waals surface area contributed by atoms with E-state index in [-0.39, 0.29) is 10.7 Å². The lowest BCUT2D eigenvalue weighted by atomic mass is 10.2. The third kappa shape index (κ3) is 3.51. The first-order chi connectivity index (χ1) is 12.0. The number of benzene rings is 1. The van der Waals surface area contributed by atoms with Crippen molar-refractivity contribution in [3.8, 4) is 16.4 Å². The van der Waals surface area contributed by atoms with Gasteiger partial charge in [-0.05, 0) is 36.8 Å². The summed E-state index contributed by atoms with van der Waals surface area (Å²) in [6.45, 7) is 1.70. The van der Waals surface area contributed by atoms with Gasteiger partial charge in [-0.3, -0.25) is 4.57 Å². The molecule has 0 amide bonds. The van der Waals surface area contributed by atoms with Crippen LogP contribution in [-0.4, -0.2) is 24.2 Å². The van der Waals surface area contributed by atoms with Crippen LogP contribution < -0.4 is 0 Å². The molecular weight excluding hydrogens is 409 g/mol. The molecule has 0 saturated heterocycles. The number of nitrogens with zero attached hydrogens (tertiary/aromatic N) is 2. The SMILES string of the molecule is Cc1c(Cl)csc1-c1nc(C(F)(F)F)cn1-c1ccc(S(C)(=O)=O)cc1.